The summed E-state index contributed by atoms with van der Waals surface area (Å²) in [5, 5.41) is 5.05. The summed E-state index contributed by atoms with van der Waals surface area (Å²) in [6.45, 7) is 4.99. The second-order valence-corrected chi connectivity index (χ2v) is 8.33. The molecular weight excluding hydrogens is 306 g/mol. The lowest BCUT2D eigenvalue weighted by molar-refractivity contribution is 0.141. The maximum Gasteiger partial charge on any atom is 0.314 e. The molecule has 1 atom stereocenters. The molecule has 2 N–H and O–H groups in total. The fourth-order valence-corrected chi connectivity index (χ4v) is 4.67. The van der Waals surface area contributed by atoms with Crippen molar-refractivity contribution in [2.45, 2.75) is 30.9 Å². The predicted octanol–water partition coefficient (Wildman–Crippen LogP) is -0.0248. The van der Waals surface area contributed by atoms with Gasteiger partial charge in [-0.3, -0.25) is 4.90 Å². The van der Waals surface area contributed by atoms with Gasteiger partial charge in [0.15, 0.2) is 9.84 Å². The van der Waals surface area contributed by atoms with E-state index in [4.69, 9.17) is 4.74 Å². The van der Waals surface area contributed by atoms with Crippen LogP contribution in [0.4, 0.5) is 4.79 Å². The zero-order chi connectivity index (χ0) is 15.8. The van der Waals surface area contributed by atoms with Gasteiger partial charge in [0.05, 0.1) is 17.6 Å². The van der Waals surface area contributed by atoms with Gasteiger partial charge in [0, 0.05) is 39.3 Å². The molecule has 2 rings (SSSR count). The Morgan fingerprint density at radius 3 is 2.82 bits per heavy atom. The van der Waals surface area contributed by atoms with Crippen molar-refractivity contribution in [3.63, 3.8) is 0 Å². The third-order valence-electron chi connectivity index (χ3n) is 4.23. The summed E-state index contributed by atoms with van der Waals surface area (Å²) in [7, 11) is -3.03. The smallest absolute Gasteiger partial charge is 0.314 e. The van der Waals surface area contributed by atoms with Crippen LogP contribution in [0, 0.1) is 0 Å². The Morgan fingerprint density at radius 2 is 2.00 bits per heavy atom. The molecule has 128 valence electrons. The summed E-state index contributed by atoms with van der Waals surface area (Å²) in [5.41, 5.74) is 0. The van der Waals surface area contributed by atoms with Gasteiger partial charge in [0.25, 0.3) is 0 Å². The van der Waals surface area contributed by atoms with Crippen molar-refractivity contribution in [3.8, 4) is 0 Å². The zero-order valence-corrected chi connectivity index (χ0v) is 13.9. The summed E-state index contributed by atoms with van der Waals surface area (Å²) in [5.74, 6) is 0.248. The number of urea groups is 1. The minimum atomic E-state index is -3.03. The van der Waals surface area contributed by atoms with E-state index in [0.29, 0.717) is 13.0 Å². The number of carbonyl (C=O) groups excluding carboxylic acids is 1. The molecule has 0 spiro atoms. The van der Waals surface area contributed by atoms with Crippen LogP contribution >= 0.6 is 0 Å². The molecule has 2 aliphatic heterocycles. The van der Waals surface area contributed by atoms with Crippen molar-refractivity contribution in [2.24, 2.45) is 0 Å². The number of nitrogens with one attached hydrogen (secondary N) is 2. The molecular formula is C14H27N3O4S. The van der Waals surface area contributed by atoms with Crippen molar-refractivity contribution < 1.29 is 17.9 Å². The highest BCUT2D eigenvalue weighted by Crippen LogP contribution is 2.18. The van der Waals surface area contributed by atoms with E-state index < -0.39 is 15.1 Å². The van der Waals surface area contributed by atoms with E-state index in [1.54, 1.807) is 0 Å². The Labute approximate surface area is 132 Å². The van der Waals surface area contributed by atoms with Crippen LogP contribution in [0.3, 0.4) is 0 Å². The summed E-state index contributed by atoms with van der Waals surface area (Å²) >= 11 is 0. The van der Waals surface area contributed by atoms with Crippen LogP contribution in [0.1, 0.15) is 25.7 Å². The van der Waals surface area contributed by atoms with Gasteiger partial charge >= 0.3 is 6.03 Å². The first kappa shape index (κ1) is 17.5. The Hall–Kier alpha value is -0.860. The number of ether oxygens (including phenoxy) is 1. The van der Waals surface area contributed by atoms with Crippen molar-refractivity contribution in [1.82, 2.24) is 15.5 Å². The topological polar surface area (TPSA) is 87.7 Å². The van der Waals surface area contributed by atoms with Crippen LogP contribution in [-0.4, -0.2) is 76.3 Å². The molecule has 2 amide bonds. The number of carbonyl (C=O) groups is 1. The molecule has 0 radical (unpaired) electrons. The molecule has 0 aromatic heterocycles. The van der Waals surface area contributed by atoms with Gasteiger partial charge in [0.2, 0.25) is 0 Å². The van der Waals surface area contributed by atoms with Crippen LogP contribution in [-0.2, 0) is 14.6 Å². The Morgan fingerprint density at radius 1 is 1.14 bits per heavy atom. The Balaban J connectivity index is 1.61. The van der Waals surface area contributed by atoms with E-state index in [1.807, 2.05) is 0 Å². The van der Waals surface area contributed by atoms with E-state index in [0.717, 1.165) is 52.1 Å². The van der Waals surface area contributed by atoms with E-state index in [-0.39, 0.29) is 18.3 Å². The third kappa shape index (κ3) is 5.73. The minimum Gasteiger partial charge on any atom is -0.380 e. The maximum absolute atomic E-state index is 11.9. The van der Waals surface area contributed by atoms with Gasteiger partial charge in [-0.25, -0.2) is 13.2 Å². The minimum absolute atomic E-state index is 0.214. The first-order chi connectivity index (χ1) is 10.6. The van der Waals surface area contributed by atoms with E-state index in [1.165, 1.54) is 0 Å². The summed E-state index contributed by atoms with van der Waals surface area (Å²) in [4.78, 5) is 14.0. The fourth-order valence-electron chi connectivity index (χ4n) is 2.87. The average Bonchev–Trinajstić information content (AvgIpc) is 2.74. The standard InChI is InChI=1S/C14H27N3O4S/c18-14(15-5-7-17-6-3-9-21-10-8-17)16-12-13-4-1-2-11-22(13,19)20/h13H,1-12H2,(H2,15,16,18). The molecule has 2 fully saturated rings. The quantitative estimate of drug-likeness (QED) is 0.738. The van der Waals surface area contributed by atoms with Crippen LogP contribution in [0.25, 0.3) is 0 Å². The molecule has 7 nitrogen and oxygen atoms in total. The third-order valence-corrected chi connectivity index (χ3v) is 6.51. The molecule has 2 saturated heterocycles. The number of nitrogens with zero attached hydrogens (tertiary/aromatic N) is 1. The number of hydrogen-bond acceptors (Lipinski definition) is 5. The average molecular weight is 333 g/mol. The highest BCUT2D eigenvalue weighted by molar-refractivity contribution is 7.92. The van der Waals surface area contributed by atoms with Crippen LogP contribution in [0.5, 0.6) is 0 Å². The fraction of sp³-hybridized carbons (Fsp3) is 0.929. The molecule has 0 saturated carbocycles. The first-order valence-electron chi connectivity index (χ1n) is 8.11. The van der Waals surface area contributed by atoms with Gasteiger partial charge in [0.1, 0.15) is 0 Å². The number of sulfone groups is 1. The van der Waals surface area contributed by atoms with Crippen molar-refractivity contribution in [3.05, 3.63) is 0 Å². The number of rotatable bonds is 5. The number of hydrogen-bond donors (Lipinski definition) is 2. The van der Waals surface area contributed by atoms with Crippen LogP contribution < -0.4 is 10.6 Å². The highest BCUT2D eigenvalue weighted by atomic mass is 32.2. The van der Waals surface area contributed by atoms with Crippen molar-refractivity contribution in [1.29, 1.82) is 0 Å². The maximum atomic E-state index is 11.9. The molecule has 0 aliphatic carbocycles. The van der Waals surface area contributed by atoms with E-state index in [2.05, 4.69) is 15.5 Å². The molecule has 22 heavy (non-hydrogen) atoms. The lowest BCUT2D eigenvalue weighted by atomic mass is 10.2. The SMILES string of the molecule is O=C(NCCN1CCCOCC1)NCC1CCCCS1(=O)=O. The Kier molecular flexibility index (Phi) is 6.91. The highest BCUT2D eigenvalue weighted by Gasteiger charge is 2.28. The van der Waals surface area contributed by atoms with E-state index >= 15 is 0 Å². The second-order valence-electron chi connectivity index (χ2n) is 5.93. The van der Waals surface area contributed by atoms with Gasteiger partial charge in [-0.15, -0.1) is 0 Å². The molecule has 2 aliphatic rings. The van der Waals surface area contributed by atoms with Gasteiger partial charge in [-0.2, -0.15) is 0 Å². The van der Waals surface area contributed by atoms with E-state index in [9.17, 15) is 13.2 Å². The molecule has 2 heterocycles. The van der Waals surface area contributed by atoms with Gasteiger partial charge in [-0.1, -0.05) is 6.42 Å². The summed E-state index contributed by atoms with van der Waals surface area (Å²) < 4.78 is 29.1. The normalized spacial score (nSPS) is 26.1. The molecule has 1 unspecified atom stereocenters. The lowest BCUT2D eigenvalue weighted by Gasteiger charge is -2.23. The lowest BCUT2D eigenvalue weighted by Crippen LogP contribution is -2.45. The predicted molar refractivity (Wildman–Crippen MR) is 84.7 cm³/mol. The van der Waals surface area contributed by atoms with Gasteiger partial charge < -0.3 is 15.4 Å². The second kappa shape index (κ2) is 8.69. The van der Waals surface area contributed by atoms with Crippen molar-refractivity contribution in [2.75, 3.05) is 51.7 Å². The molecule has 8 heteroatoms. The van der Waals surface area contributed by atoms with Gasteiger partial charge in [-0.05, 0) is 19.3 Å². The zero-order valence-electron chi connectivity index (χ0n) is 13.1. The first-order valence-corrected chi connectivity index (χ1v) is 9.83. The largest absolute Gasteiger partial charge is 0.380 e. The summed E-state index contributed by atoms with van der Waals surface area (Å²) in [6, 6.07) is -0.285. The van der Waals surface area contributed by atoms with Crippen molar-refractivity contribution >= 4 is 15.9 Å². The molecule has 0 aromatic carbocycles. The van der Waals surface area contributed by atoms with Crippen LogP contribution in [0.15, 0.2) is 0 Å². The Bertz CT molecular complexity index is 447. The summed E-state index contributed by atoms with van der Waals surface area (Å²) in [6.07, 6.45) is 3.33. The number of amides is 2. The molecule has 0 bridgehead atoms. The van der Waals surface area contributed by atoms with Crippen LogP contribution in [0.2, 0.25) is 0 Å². The monoisotopic (exact) mass is 333 g/mol. The molecule has 0 aromatic rings.